The van der Waals surface area contributed by atoms with E-state index >= 15 is 0 Å². The lowest BCUT2D eigenvalue weighted by Gasteiger charge is -2.32. The van der Waals surface area contributed by atoms with Gasteiger partial charge in [-0.25, -0.2) is 17.5 Å². The highest BCUT2D eigenvalue weighted by Gasteiger charge is 2.71. The first-order valence-electron chi connectivity index (χ1n) is 9.61. The van der Waals surface area contributed by atoms with E-state index in [0.717, 1.165) is 0 Å². The summed E-state index contributed by atoms with van der Waals surface area (Å²) in [5.74, 6) is -2.57. The van der Waals surface area contributed by atoms with Gasteiger partial charge in [0.2, 0.25) is 15.9 Å². The van der Waals surface area contributed by atoms with Gasteiger partial charge in [0, 0.05) is 11.6 Å². The molecule has 1 saturated carbocycles. The largest absolute Gasteiger partial charge is 0.430 e. The van der Waals surface area contributed by atoms with Crippen LogP contribution in [0.15, 0.2) is 47.4 Å². The minimum Gasteiger partial charge on any atom is -0.369 e. The Morgan fingerprint density at radius 2 is 1.62 bits per heavy atom. The number of carbonyl (C=O) groups is 1. The molecule has 14 heteroatoms. The Bertz CT molecular complexity index is 1180. The fourth-order valence-corrected chi connectivity index (χ4v) is 4.40. The Balaban J connectivity index is 1.77. The zero-order valence-electron chi connectivity index (χ0n) is 17.0. The molecule has 0 heterocycles. The van der Waals surface area contributed by atoms with Crippen LogP contribution in [0.5, 0.6) is 0 Å². The Labute approximate surface area is 188 Å². The van der Waals surface area contributed by atoms with Gasteiger partial charge in [-0.2, -0.15) is 26.3 Å². The fourth-order valence-electron chi connectivity index (χ4n) is 3.02. The van der Waals surface area contributed by atoms with Gasteiger partial charge >= 0.3 is 12.4 Å². The minimum atomic E-state index is -6.19. The number of aliphatic hydroxyl groups is 1. The van der Waals surface area contributed by atoms with Crippen molar-refractivity contribution in [2.45, 2.75) is 48.2 Å². The second-order valence-corrected chi connectivity index (χ2v) is 9.38. The summed E-state index contributed by atoms with van der Waals surface area (Å²) < 4.78 is 119. The third-order valence-electron chi connectivity index (χ3n) is 4.95. The average Bonchev–Trinajstić information content (AvgIpc) is 3.50. The van der Waals surface area contributed by atoms with Crippen LogP contribution in [-0.2, 0) is 26.8 Å². The second-order valence-electron chi connectivity index (χ2n) is 7.67. The van der Waals surface area contributed by atoms with Crippen LogP contribution >= 0.6 is 0 Å². The Morgan fingerprint density at radius 1 is 1.00 bits per heavy atom. The third-order valence-corrected chi connectivity index (χ3v) is 6.47. The van der Waals surface area contributed by atoms with Gasteiger partial charge in [-0.15, -0.1) is 0 Å². The van der Waals surface area contributed by atoms with Gasteiger partial charge in [0.15, 0.2) is 0 Å². The van der Waals surface area contributed by atoms with Gasteiger partial charge in [0.05, 0.1) is 17.0 Å². The Hall–Kier alpha value is -2.71. The summed E-state index contributed by atoms with van der Waals surface area (Å²) in [5.41, 5.74) is -7.66. The summed E-state index contributed by atoms with van der Waals surface area (Å²) in [7, 11) is -3.81. The molecule has 2 aromatic rings. The molecule has 0 unspecified atom stereocenters. The lowest BCUT2D eigenvalue weighted by Crippen LogP contribution is -2.54. The number of hydrogen-bond donors (Lipinski definition) is 3. The first-order chi connectivity index (χ1) is 15.5. The predicted octanol–water partition coefficient (Wildman–Crippen LogP) is 3.76. The number of rotatable bonds is 7. The zero-order valence-corrected chi connectivity index (χ0v) is 17.8. The van der Waals surface area contributed by atoms with E-state index in [2.05, 4.69) is 4.72 Å². The summed E-state index contributed by atoms with van der Waals surface area (Å²) in [6.45, 7) is 0. The molecular formula is C20H17F7N2O4S. The summed E-state index contributed by atoms with van der Waals surface area (Å²) in [4.78, 5) is 12.1. The molecule has 1 aliphatic rings. The molecule has 0 spiro atoms. The molecule has 186 valence electrons. The van der Waals surface area contributed by atoms with Gasteiger partial charge in [-0.05, 0) is 42.7 Å². The van der Waals surface area contributed by atoms with Gasteiger partial charge in [-0.3, -0.25) is 4.79 Å². The normalized spacial score (nSPS) is 15.3. The molecule has 3 rings (SSSR count). The van der Waals surface area contributed by atoms with Crippen molar-refractivity contribution in [1.29, 1.82) is 0 Å². The molecule has 6 nitrogen and oxygen atoms in total. The predicted molar refractivity (Wildman–Crippen MR) is 105 cm³/mol. The monoisotopic (exact) mass is 514 g/mol. The highest BCUT2D eigenvalue weighted by atomic mass is 32.2. The third kappa shape index (κ3) is 5.33. The van der Waals surface area contributed by atoms with E-state index in [4.69, 9.17) is 0 Å². The number of halogens is 7. The quantitative estimate of drug-likeness (QED) is 0.491. The van der Waals surface area contributed by atoms with Crippen molar-refractivity contribution in [2.24, 2.45) is 0 Å². The van der Waals surface area contributed by atoms with E-state index in [-0.39, 0.29) is 28.6 Å². The lowest BCUT2D eigenvalue weighted by atomic mass is 9.92. The van der Waals surface area contributed by atoms with Crippen LogP contribution in [0.1, 0.15) is 24.0 Å². The van der Waals surface area contributed by atoms with Gasteiger partial charge in [0.25, 0.3) is 5.60 Å². The maximum atomic E-state index is 14.3. The number of alkyl halides is 6. The summed E-state index contributed by atoms with van der Waals surface area (Å²) in [6.07, 6.45) is -11.4. The summed E-state index contributed by atoms with van der Waals surface area (Å²) in [6, 6.07) is 5.59. The number of carbonyl (C=O) groups excluding carboxylic acids is 1. The topological polar surface area (TPSA) is 95.5 Å². The van der Waals surface area contributed by atoms with E-state index in [1.165, 1.54) is 24.3 Å². The highest BCUT2D eigenvalue weighted by Crippen LogP contribution is 2.50. The molecule has 1 aliphatic carbocycles. The maximum Gasteiger partial charge on any atom is 0.430 e. The van der Waals surface area contributed by atoms with E-state index in [9.17, 15) is 49.1 Å². The van der Waals surface area contributed by atoms with E-state index in [1.807, 2.05) is 5.32 Å². The molecule has 0 saturated heterocycles. The first-order valence-corrected chi connectivity index (χ1v) is 11.1. The first kappa shape index (κ1) is 25.9. The van der Waals surface area contributed by atoms with Crippen molar-refractivity contribution in [1.82, 2.24) is 4.72 Å². The molecule has 0 bridgehead atoms. The standard InChI is InChI=1S/C20H17F7N2O4S/c21-15-10-12(18(31,19(22,23)24)20(25,26)27)4-7-16(15)28-17(30)9-11-2-1-3-14(8-11)34(32,33)29-13-5-6-13/h1-4,7-8,10,13,29,31H,5-6,9H2,(H,28,30). The van der Waals surface area contributed by atoms with E-state index in [0.29, 0.717) is 18.9 Å². The molecule has 3 N–H and O–H groups in total. The van der Waals surface area contributed by atoms with E-state index < -0.39 is 57.4 Å². The van der Waals surface area contributed by atoms with E-state index in [1.54, 1.807) is 0 Å². The van der Waals surface area contributed by atoms with Crippen LogP contribution in [-0.4, -0.2) is 37.8 Å². The molecule has 0 radical (unpaired) electrons. The molecule has 0 atom stereocenters. The van der Waals surface area contributed by atoms with Gasteiger partial charge in [-0.1, -0.05) is 18.2 Å². The maximum absolute atomic E-state index is 14.3. The van der Waals surface area contributed by atoms with Crippen LogP contribution in [0.2, 0.25) is 0 Å². The average molecular weight is 514 g/mol. The van der Waals surface area contributed by atoms with Crippen molar-refractivity contribution in [2.75, 3.05) is 5.32 Å². The molecule has 0 aromatic heterocycles. The smallest absolute Gasteiger partial charge is 0.369 e. The van der Waals surface area contributed by atoms with Crippen LogP contribution < -0.4 is 10.0 Å². The lowest BCUT2D eigenvalue weighted by molar-refractivity contribution is -0.376. The Morgan fingerprint density at radius 3 is 2.15 bits per heavy atom. The van der Waals surface area contributed by atoms with Crippen LogP contribution in [0.4, 0.5) is 36.4 Å². The summed E-state index contributed by atoms with van der Waals surface area (Å²) >= 11 is 0. The number of nitrogens with one attached hydrogen (secondary N) is 2. The molecule has 0 aliphatic heterocycles. The number of anilines is 1. The zero-order chi connectivity index (χ0) is 25.5. The Kier molecular flexibility index (Phi) is 6.72. The number of amides is 1. The van der Waals surface area contributed by atoms with Gasteiger partial charge in [0.1, 0.15) is 5.82 Å². The SMILES string of the molecule is O=C(Cc1cccc(S(=O)(=O)NC2CC2)c1)Nc1ccc(C(O)(C(F)(F)F)C(F)(F)F)cc1F. The molecule has 2 aromatic carbocycles. The van der Waals surface area contributed by atoms with Crippen molar-refractivity contribution in [3.63, 3.8) is 0 Å². The number of benzene rings is 2. The summed E-state index contributed by atoms with van der Waals surface area (Å²) in [5, 5.41) is 11.3. The van der Waals surface area contributed by atoms with Crippen molar-refractivity contribution < 1.29 is 49.1 Å². The molecule has 1 fully saturated rings. The molecule has 34 heavy (non-hydrogen) atoms. The van der Waals surface area contributed by atoms with Crippen LogP contribution in [0.25, 0.3) is 0 Å². The fraction of sp³-hybridized carbons (Fsp3) is 0.350. The van der Waals surface area contributed by atoms with Crippen molar-refractivity contribution in [3.8, 4) is 0 Å². The van der Waals surface area contributed by atoms with Gasteiger partial charge < -0.3 is 10.4 Å². The van der Waals surface area contributed by atoms with Crippen LogP contribution in [0, 0.1) is 5.82 Å². The van der Waals surface area contributed by atoms with Crippen molar-refractivity contribution >= 4 is 21.6 Å². The number of hydrogen-bond acceptors (Lipinski definition) is 4. The molecular weight excluding hydrogens is 497 g/mol. The van der Waals surface area contributed by atoms with Crippen LogP contribution in [0.3, 0.4) is 0 Å². The second kappa shape index (κ2) is 8.82. The number of sulfonamides is 1. The molecule has 1 amide bonds. The highest BCUT2D eigenvalue weighted by molar-refractivity contribution is 7.89. The van der Waals surface area contributed by atoms with Crippen molar-refractivity contribution in [3.05, 3.63) is 59.4 Å². The minimum absolute atomic E-state index is 0.112.